The summed E-state index contributed by atoms with van der Waals surface area (Å²) < 4.78 is 0. The van der Waals surface area contributed by atoms with Crippen molar-refractivity contribution in [1.82, 2.24) is 0 Å². The van der Waals surface area contributed by atoms with Crippen LogP contribution in [0.2, 0.25) is 0 Å². The minimum absolute atomic E-state index is 1.02. The van der Waals surface area contributed by atoms with Gasteiger partial charge < -0.3 is 0 Å². The lowest BCUT2D eigenvalue weighted by atomic mass is 10.2. The van der Waals surface area contributed by atoms with Gasteiger partial charge in [0.15, 0.2) is 0 Å². The van der Waals surface area contributed by atoms with E-state index >= 15 is 0 Å². The van der Waals surface area contributed by atoms with Crippen LogP contribution < -0.4 is 0 Å². The standard InChI is InChI=1S/C7H13P/c1-2-4-7-5-3-6-8-7/h2,7-8H,1,3-6H2. The summed E-state index contributed by atoms with van der Waals surface area (Å²) in [5.74, 6) is 0. The zero-order chi connectivity index (χ0) is 5.82. The Morgan fingerprint density at radius 3 is 3.12 bits per heavy atom. The third-order valence-electron chi connectivity index (χ3n) is 1.61. The molecular formula is C7H13P. The number of hydrogen-bond donors (Lipinski definition) is 0. The van der Waals surface area contributed by atoms with Crippen molar-refractivity contribution in [2.45, 2.75) is 24.9 Å². The van der Waals surface area contributed by atoms with Gasteiger partial charge in [0.05, 0.1) is 0 Å². The van der Waals surface area contributed by atoms with Gasteiger partial charge in [-0.2, -0.15) is 0 Å². The first-order chi connectivity index (χ1) is 3.93. The second-order valence-corrected chi connectivity index (χ2v) is 4.04. The molecule has 0 nitrogen and oxygen atoms in total. The van der Waals surface area contributed by atoms with E-state index in [0.29, 0.717) is 0 Å². The van der Waals surface area contributed by atoms with Gasteiger partial charge in [-0.3, -0.25) is 0 Å². The Balaban J connectivity index is 2.14. The van der Waals surface area contributed by atoms with Crippen molar-refractivity contribution in [3.63, 3.8) is 0 Å². The van der Waals surface area contributed by atoms with Crippen LogP contribution in [0, 0.1) is 0 Å². The molecule has 46 valence electrons. The number of rotatable bonds is 2. The lowest BCUT2D eigenvalue weighted by Crippen LogP contribution is -1.89. The molecule has 1 fully saturated rings. The highest BCUT2D eigenvalue weighted by atomic mass is 31.1. The van der Waals surface area contributed by atoms with Crippen LogP contribution in [-0.4, -0.2) is 11.8 Å². The Hall–Kier alpha value is 0.170. The number of allylic oxidation sites excluding steroid dienone is 1. The summed E-state index contributed by atoms with van der Waals surface area (Å²) in [6, 6.07) is 0. The Bertz CT molecular complexity index is 72.5. The molecule has 8 heavy (non-hydrogen) atoms. The molecule has 2 atom stereocenters. The second kappa shape index (κ2) is 3.25. The van der Waals surface area contributed by atoms with E-state index in [2.05, 4.69) is 12.7 Å². The molecular weight excluding hydrogens is 115 g/mol. The summed E-state index contributed by atoms with van der Waals surface area (Å²) >= 11 is 0. The van der Waals surface area contributed by atoms with Crippen LogP contribution in [0.4, 0.5) is 0 Å². The molecule has 0 N–H and O–H groups in total. The molecule has 0 radical (unpaired) electrons. The van der Waals surface area contributed by atoms with Gasteiger partial charge in [-0.05, 0) is 31.1 Å². The Kier molecular flexibility index (Phi) is 2.55. The third kappa shape index (κ3) is 1.59. The molecule has 0 aromatic rings. The first-order valence-corrected chi connectivity index (χ1v) is 4.56. The molecule has 0 amide bonds. The van der Waals surface area contributed by atoms with Crippen molar-refractivity contribution in [3.8, 4) is 0 Å². The van der Waals surface area contributed by atoms with Gasteiger partial charge in [-0.15, -0.1) is 15.2 Å². The van der Waals surface area contributed by atoms with E-state index in [-0.39, 0.29) is 0 Å². The molecule has 0 aromatic carbocycles. The van der Waals surface area contributed by atoms with Gasteiger partial charge >= 0.3 is 0 Å². The van der Waals surface area contributed by atoms with E-state index in [9.17, 15) is 0 Å². The summed E-state index contributed by atoms with van der Waals surface area (Å²) in [5.41, 5.74) is 1.02. The summed E-state index contributed by atoms with van der Waals surface area (Å²) in [6.07, 6.45) is 7.74. The quantitative estimate of drug-likeness (QED) is 0.395. The lowest BCUT2D eigenvalue weighted by molar-refractivity contribution is 0.790. The highest BCUT2D eigenvalue weighted by molar-refractivity contribution is 7.39. The Labute approximate surface area is 53.1 Å². The monoisotopic (exact) mass is 128 g/mol. The van der Waals surface area contributed by atoms with E-state index in [1.54, 1.807) is 0 Å². The summed E-state index contributed by atoms with van der Waals surface area (Å²) in [5, 5.41) is 0. The van der Waals surface area contributed by atoms with Crippen LogP contribution in [0.15, 0.2) is 12.7 Å². The highest BCUT2D eigenvalue weighted by Crippen LogP contribution is 2.34. The van der Waals surface area contributed by atoms with Crippen LogP contribution in [0.25, 0.3) is 0 Å². The summed E-state index contributed by atoms with van der Waals surface area (Å²) in [7, 11) is 1.24. The van der Waals surface area contributed by atoms with Gasteiger partial charge in [-0.25, -0.2) is 0 Å². The van der Waals surface area contributed by atoms with Gasteiger partial charge in [0.25, 0.3) is 0 Å². The van der Waals surface area contributed by atoms with E-state index in [4.69, 9.17) is 0 Å². The lowest BCUT2D eigenvalue weighted by Gasteiger charge is -2.01. The third-order valence-corrected chi connectivity index (χ3v) is 3.36. The molecule has 2 unspecified atom stereocenters. The average molecular weight is 128 g/mol. The van der Waals surface area contributed by atoms with Crippen LogP contribution in [0.5, 0.6) is 0 Å². The largest absolute Gasteiger partial charge is 0.119 e. The average Bonchev–Trinajstić information content (AvgIpc) is 2.19. The first-order valence-electron chi connectivity index (χ1n) is 3.28. The molecule has 0 bridgehead atoms. The molecule has 0 aromatic heterocycles. The van der Waals surface area contributed by atoms with E-state index in [1.807, 2.05) is 0 Å². The molecule has 1 saturated heterocycles. The van der Waals surface area contributed by atoms with Crippen molar-refractivity contribution in [2.75, 3.05) is 6.16 Å². The zero-order valence-electron chi connectivity index (χ0n) is 5.19. The predicted octanol–water partition coefficient (Wildman–Crippen LogP) is 2.40. The van der Waals surface area contributed by atoms with E-state index in [0.717, 1.165) is 5.66 Å². The van der Waals surface area contributed by atoms with E-state index < -0.39 is 0 Å². The maximum atomic E-state index is 3.73. The van der Waals surface area contributed by atoms with E-state index in [1.165, 1.54) is 34.0 Å². The molecule has 1 heterocycles. The zero-order valence-corrected chi connectivity index (χ0v) is 6.19. The first kappa shape index (κ1) is 6.29. The molecule has 1 aliphatic rings. The van der Waals surface area contributed by atoms with Crippen molar-refractivity contribution in [3.05, 3.63) is 12.7 Å². The van der Waals surface area contributed by atoms with Gasteiger partial charge in [0.2, 0.25) is 0 Å². The van der Waals surface area contributed by atoms with Gasteiger partial charge in [0.1, 0.15) is 0 Å². The molecule has 1 heteroatoms. The van der Waals surface area contributed by atoms with Crippen LogP contribution in [0.1, 0.15) is 19.3 Å². The highest BCUT2D eigenvalue weighted by Gasteiger charge is 2.11. The minimum Gasteiger partial charge on any atom is -0.119 e. The smallest absolute Gasteiger partial charge is 0.0202 e. The van der Waals surface area contributed by atoms with Gasteiger partial charge in [-0.1, -0.05) is 6.08 Å². The predicted molar refractivity (Wildman–Crippen MR) is 41.0 cm³/mol. The SMILES string of the molecule is C=CCC1CCCP1. The van der Waals surface area contributed by atoms with Crippen molar-refractivity contribution in [1.29, 1.82) is 0 Å². The van der Waals surface area contributed by atoms with Gasteiger partial charge in [0, 0.05) is 0 Å². The molecule has 1 aliphatic heterocycles. The Morgan fingerprint density at radius 2 is 2.62 bits per heavy atom. The maximum absolute atomic E-state index is 3.73. The Morgan fingerprint density at radius 1 is 1.75 bits per heavy atom. The van der Waals surface area contributed by atoms with Crippen molar-refractivity contribution < 1.29 is 0 Å². The van der Waals surface area contributed by atoms with Crippen LogP contribution in [0.3, 0.4) is 0 Å². The number of hydrogen-bond acceptors (Lipinski definition) is 0. The van der Waals surface area contributed by atoms with Crippen LogP contribution >= 0.6 is 8.58 Å². The topological polar surface area (TPSA) is 0 Å². The maximum Gasteiger partial charge on any atom is -0.0202 e. The molecule has 0 saturated carbocycles. The fraction of sp³-hybridized carbons (Fsp3) is 0.714. The van der Waals surface area contributed by atoms with Crippen molar-refractivity contribution >= 4 is 8.58 Å². The minimum atomic E-state index is 1.02. The van der Waals surface area contributed by atoms with Crippen molar-refractivity contribution in [2.24, 2.45) is 0 Å². The summed E-state index contributed by atoms with van der Waals surface area (Å²) in [4.78, 5) is 0. The summed E-state index contributed by atoms with van der Waals surface area (Å²) in [6.45, 7) is 3.73. The molecule has 0 aliphatic carbocycles. The molecule has 0 spiro atoms. The fourth-order valence-corrected chi connectivity index (χ4v) is 2.72. The normalized spacial score (nSPS) is 31.2. The van der Waals surface area contributed by atoms with Crippen LogP contribution in [-0.2, 0) is 0 Å². The molecule has 1 rings (SSSR count). The fourth-order valence-electron chi connectivity index (χ4n) is 1.16. The second-order valence-electron chi connectivity index (χ2n) is 2.32.